The largest absolute Gasteiger partial charge is 0.488 e. The van der Waals surface area contributed by atoms with Crippen molar-refractivity contribution in [3.63, 3.8) is 0 Å². The Balaban J connectivity index is 1.59. The van der Waals surface area contributed by atoms with Gasteiger partial charge < -0.3 is 10.1 Å². The molecule has 0 saturated heterocycles. The molecule has 0 aromatic heterocycles. The van der Waals surface area contributed by atoms with Crippen LogP contribution < -0.4 is 10.1 Å². The Labute approximate surface area is 131 Å². The van der Waals surface area contributed by atoms with E-state index in [1.807, 2.05) is 18.2 Å². The third-order valence-electron chi connectivity index (χ3n) is 3.98. The molecule has 1 N–H and O–H groups in total. The van der Waals surface area contributed by atoms with Crippen LogP contribution in [0.15, 0.2) is 42.5 Å². The van der Waals surface area contributed by atoms with E-state index < -0.39 is 0 Å². The van der Waals surface area contributed by atoms with Crippen LogP contribution in [0.3, 0.4) is 0 Å². The first kappa shape index (κ1) is 14.4. The zero-order valence-corrected chi connectivity index (χ0v) is 13.2. The van der Waals surface area contributed by atoms with Crippen LogP contribution in [0.1, 0.15) is 29.7 Å². The molecular weight excluding hydrogens is 282 g/mol. The minimum absolute atomic E-state index is 0.201. The van der Waals surface area contributed by atoms with Crippen LogP contribution in [0, 0.1) is 6.92 Å². The zero-order valence-electron chi connectivity index (χ0n) is 12.4. The average molecular weight is 302 g/mol. The Morgan fingerprint density at radius 2 is 2.10 bits per heavy atom. The summed E-state index contributed by atoms with van der Waals surface area (Å²) < 4.78 is 5.98. The molecule has 3 heteroatoms. The number of fused-ring (bicyclic) bond motifs is 1. The van der Waals surface area contributed by atoms with E-state index in [-0.39, 0.29) is 12.1 Å². The normalized spacial score (nSPS) is 18.1. The Morgan fingerprint density at radius 1 is 1.29 bits per heavy atom. The van der Waals surface area contributed by atoms with Gasteiger partial charge in [0.25, 0.3) is 0 Å². The average Bonchev–Trinajstić information content (AvgIpc) is 2.87. The van der Waals surface area contributed by atoms with Gasteiger partial charge in [0.2, 0.25) is 0 Å². The molecule has 2 aromatic rings. The molecule has 0 radical (unpaired) electrons. The molecule has 21 heavy (non-hydrogen) atoms. The lowest BCUT2D eigenvalue weighted by atomic mass is 10.1. The SMILES string of the molecule is Cc1ccc2c(c1)CC(CNC(C)c1ccccc1Cl)O2. The summed E-state index contributed by atoms with van der Waals surface area (Å²) in [6.07, 6.45) is 1.17. The molecule has 0 spiro atoms. The lowest BCUT2D eigenvalue weighted by Gasteiger charge is -2.18. The van der Waals surface area contributed by atoms with Crippen molar-refractivity contribution in [1.82, 2.24) is 5.32 Å². The van der Waals surface area contributed by atoms with Gasteiger partial charge in [-0.2, -0.15) is 0 Å². The van der Waals surface area contributed by atoms with E-state index >= 15 is 0 Å². The standard InChI is InChI=1S/C18H20ClNO/c1-12-7-8-18-14(9-12)10-15(21-18)11-20-13(2)16-5-3-4-6-17(16)19/h3-9,13,15,20H,10-11H2,1-2H3. The molecule has 0 saturated carbocycles. The highest BCUT2D eigenvalue weighted by molar-refractivity contribution is 6.31. The number of ether oxygens (including phenoxy) is 1. The maximum atomic E-state index is 6.23. The van der Waals surface area contributed by atoms with Gasteiger partial charge in [0, 0.05) is 24.0 Å². The number of hydrogen-bond donors (Lipinski definition) is 1. The fraction of sp³-hybridized carbons (Fsp3) is 0.333. The summed E-state index contributed by atoms with van der Waals surface area (Å²) >= 11 is 6.23. The Hall–Kier alpha value is -1.51. The van der Waals surface area contributed by atoms with Crippen molar-refractivity contribution >= 4 is 11.6 Å². The number of benzene rings is 2. The maximum Gasteiger partial charge on any atom is 0.123 e. The van der Waals surface area contributed by atoms with Crippen molar-refractivity contribution in [2.45, 2.75) is 32.4 Å². The topological polar surface area (TPSA) is 21.3 Å². The second-order valence-electron chi connectivity index (χ2n) is 5.71. The molecule has 2 nitrogen and oxygen atoms in total. The summed E-state index contributed by atoms with van der Waals surface area (Å²) in [7, 11) is 0. The van der Waals surface area contributed by atoms with Crippen LogP contribution in [0.2, 0.25) is 5.02 Å². The van der Waals surface area contributed by atoms with Crippen molar-refractivity contribution in [2.24, 2.45) is 0 Å². The highest BCUT2D eigenvalue weighted by Gasteiger charge is 2.23. The van der Waals surface area contributed by atoms with E-state index in [4.69, 9.17) is 16.3 Å². The summed E-state index contributed by atoms with van der Waals surface area (Å²) in [5.41, 5.74) is 3.73. The summed E-state index contributed by atoms with van der Waals surface area (Å²) in [4.78, 5) is 0. The molecule has 3 rings (SSSR count). The predicted molar refractivity (Wildman–Crippen MR) is 87.2 cm³/mol. The van der Waals surface area contributed by atoms with Gasteiger partial charge in [-0.1, -0.05) is 47.5 Å². The summed E-state index contributed by atoms with van der Waals surface area (Å²) in [5, 5.41) is 4.33. The number of aryl methyl sites for hydroxylation is 1. The highest BCUT2D eigenvalue weighted by atomic mass is 35.5. The smallest absolute Gasteiger partial charge is 0.123 e. The van der Waals surface area contributed by atoms with E-state index in [9.17, 15) is 0 Å². The van der Waals surface area contributed by atoms with Gasteiger partial charge >= 0.3 is 0 Å². The third kappa shape index (κ3) is 3.22. The van der Waals surface area contributed by atoms with E-state index in [0.29, 0.717) is 0 Å². The van der Waals surface area contributed by atoms with Crippen molar-refractivity contribution < 1.29 is 4.74 Å². The van der Waals surface area contributed by atoms with Gasteiger partial charge in [0.05, 0.1) is 0 Å². The Bertz CT molecular complexity index is 641. The van der Waals surface area contributed by atoms with Crippen LogP contribution in [0.5, 0.6) is 5.75 Å². The van der Waals surface area contributed by atoms with Crippen LogP contribution >= 0.6 is 11.6 Å². The molecule has 0 amide bonds. The second-order valence-corrected chi connectivity index (χ2v) is 6.11. The third-order valence-corrected chi connectivity index (χ3v) is 4.32. The predicted octanol–water partition coefficient (Wildman–Crippen LogP) is 4.30. The van der Waals surface area contributed by atoms with Gasteiger partial charge in [-0.3, -0.25) is 0 Å². The molecule has 110 valence electrons. The highest BCUT2D eigenvalue weighted by Crippen LogP contribution is 2.29. The van der Waals surface area contributed by atoms with Crippen molar-refractivity contribution in [2.75, 3.05) is 6.54 Å². The molecule has 2 atom stereocenters. The molecule has 2 aromatic carbocycles. The van der Waals surface area contributed by atoms with Gasteiger partial charge in [0.15, 0.2) is 0 Å². The van der Waals surface area contributed by atoms with Gasteiger partial charge in [-0.15, -0.1) is 0 Å². The lowest BCUT2D eigenvalue weighted by Crippen LogP contribution is -2.32. The van der Waals surface area contributed by atoms with Crippen molar-refractivity contribution in [3.05, 3.63) is 64.2 Å². The molecule has 2 unspecified atom stereocenters. The maximum absolute atomic E-state index is 6.23. The molecule has 1 aliphatic heterocycles. The first-order valence-electron chi connectivity index (χ1n) is 7.37. The molecule has 0 bridgehead atoms. The van der Waals surface area contributed by atoms with Crippen LogP contribution in [0.25, 0.3) is 0 Å². The quantitative estimate of drug-likeness (QED) is 0.909. The monoisotopic (exact) mass is 301 g/mol. The summed E-state index contributed by atoms with van der Waals surface area (Å²) in [6.45, 7) is 5.07. The number of halogens is 1. The number of rotatable bonds is 4. The molecule has 1 heterocycles. The summed E-state index contributed by atoms with van der Waals surface area (Å²) in [6, 6.07) is 14.6. The fourth-order valence-corrected chi connectivity index (χ4v) is 3.11. The second kappa shape index (κ2) is 6.08. The van der Waals surface area contributed by atoms with Gasteiger partial charge in [-0.05, 0) is 37.1 Å². The lowest BCUT2D eigenvalue weighted by molar-refractivity contribution is 0.222. The minimum Gasteiger partial charge on any atom is -0.488 e. The minimum atomic E-state index is 0.201. The Kier molecular flexibility index (Phi) is 4.18. The zero-order chi connectivity index (χ0) is 14.8. The van der Waals surface area contributed by atoms with Crippen molar-refractivity contribution in [1.29, 1.82) is 0 Å². The molecule has 0 aliphatic carbocycles. The number of hydrogen-bond acceptors (Lipinski definition) is 2. The first-order valence-corrected chi connectivity index (χ1v) is 7.75. The molecule has 0 fully saturated rings. The van der Waals surface area contributed by atoms with Crippen molar-refractivity contribution in [3.8, 4) is 5.75 Å². The first-order chi connectivity index (χ1) is 10.1. The molecule has 1 aliphatic rings. The van der Waals surface area contributed by atoms with E-state index in [0.717, 1.165) is 29.3 Å². The van der Waals surface area contributed by atoms with E-state index in [1.54, 1.807) is 0 Å². The summed E-state index contributed by atoms with van der Waals surface area (Å²) in [5.74, 6) is 1.03. The molecular formula is C18H20ClNO. The van der Waals surface area contributed by atoms with E-state index in [2.05, 4.69) is 43.4 Å². The van der Waals surface area contributed by atoms with Crippen LogP contribution in [-0.4, -0.2) is 12.6 Å². The van der Waals surface area contributed by atoms with Gasteiger partial charge in [0.1, 0.15) is 11.9 Å². The van der Waals surface area contributed by atoms with E-state index in [1.165, 1.54) is 11.1 Å². The number of nitrogens with one attached hydrogen (secondary N) is 1. The Morgan fingerprint density at radius 3 is 2.90 bits per heavy atom. The van der Waals surface area contributed by atoms with Crippen LogP contribution in [0.4, 0.5) is 0 Å². The fourth-order valence-electron chi connectivity index (χ4n) is 2.81. The van der Waals surface area contributed by atoms with Gasteiger partial charge in [-0.25, -0.2) is 0 Å². The van der Waals surface area contributed by atoms with Crippen LogP contribution in [-0.2, 0) is 6.42 Å².